The second kappa shape index (κ2) is 8.20. The highest BCUT2D eigenvalue weighted by molar-refractivity contribution is 5.98. The van der Waals surface area contributed by atoms with Crippen molar-refractivity contribution in [2.75, 3.05) is 31.1 Å². The van der Waals surface area contributed by atoms with Crippen LogP contribution >= 0.6 is 0 Å². The molecule has 1 aliphatic heterocycles. The summed E-state index contributed by atoms with van der Waals surface area (Å²) in [4.78, 5) is 33.2. The van der Waals surface area contributed by atoms with Gasteiger partial charge in [0, 0.05) is 49.7 Å². The second-order valence-corrected chi connectivity index (χ2v) is 7.18. The summed E-state index contributed by atoms with van der Waals surface area (Å²) in [5, 5.41) is 2.83. The number of nitrogens with one attached hydrogen (secondary N) is 1. The summed E-state index contributed by atoms with van der Waals surface area (Å²) in [6, 6.07) is 11.6. The van der Waals surface area contributed by atoms with Crippen LogP contribution in [0.2, 0.25) is 0 Å². The number of amides is 2. The van der Waals surface area contributed by atoms with Crippen molar-refractivity contribution < 1.29 is 9.59 Å². The fraction of sp³-hybridized carbons (Fsp3) is 0.381. The Morgan fingerprint density at radius 1 is 1.07 bits per heavy atom. The van der Waals surface area contributed by atoms with Crippen LogP contribution in [-0.4, -0.2) is 53.9 Å². The van der Waals surface area contributed by atoms with Crippen molar-refractivity contribution in [1.29, 1.82) is 0 Å². The van der Waals surface area contributed by atoms with E-state index in [0.717, 1.165) is 13.1 Å². The van der Waals surface area contributed by atoms with E-state index in [-0.39, 0.29) is 17.9 Å². The van der Waals surface area contributed by atoms with Crippen molar-refractivity contribution >= 4 is 17.5 Å². The third-order valence-electron chi connectivity index (χ3n) is 4.59. The number of carbonyl (C=O) groups excluding carboxylic acids is 2. The van der Waals surface area contributed by atoms with Crippen molar-refractivity contribution in [2.45, 2.75) is 26.8 Å². The van der Waals surface area contributed by atoms with Gasteiger partial charge >= 0.3 is 0 Å². The van der Waals surface area contributed by atoms with Gasteiger partial charge in [-0.05, 0) is 50.6 Å². The standard InChI is InChI=1S/C21H26N4O2/c1-15(2)23-20(26)17-7-8-22-19(14-17)21(27)25-11-9-24(10-12-25)18-6-4-5-16(3)13-18/h4-8,13-15H,9-12H2,1-3H3,(H,23,26). The van der Waals surface area contributed by atoms with Crippen LogP contribution in [0.25, 0.3) is 0 Å². The molecule has 0 spiro atoms. The molecule has 0 atom stereocenters. The Kier molecular flexibility index (Phi) is 5.74. The summed E-state index contributed by atoms with van der Waals surface area (Å²) in [7, 11) is 0. The molecule has 0 bridgehead atoms. The Morgan fingerprint density at radius 2 is 1.81 bits per heavy atom. The molecule has 1 aliphatic rings. The van der Waals surface area contributed by atoms with Crippen LogP contribution in [-0.2, 0) is 0 Å². The van der Waals surface area contributed by atoms with Gasteiger partial charge in [-0.3, -0.25) is 14.6 Å². The van der Waals surface area contributed by atoms with Gasteiger partial charge in [0.15, 0.2) is 0 Å². The average Bonchev–Trinajstić information content (AvgIpc) is 2.67. The van der Waals surface area contributed by atoms with Crippen molar-refractivity contribution in [1.82, 2.24) is 15.2 Å². The minimum absolute atomic E-state index is 0.0412. The van der Waals surface area contributed by atoms with Crippen LogP contribution in [0.4, 0.5) is 5.69 Å². The predicted octanol–water partition coefficient (Wildman–Crippen LogP) is 2.49. The van der Waals surface area contributed by atoms with E-state index in [9.17, 15) is 9.59 Å². The van der Waals surface area contributed by atoms with Gasteiger partial charge in [-0.25, -0.2) is 0 Å². The molecule has 1 saturated heterocycles. The summed E-state index contributed by atoms with van der Waals surface area (Å²) in [5.74, 6) is -0.316. The molecule has 1 aromatic carbocycles. The number of hydrogen-bond donors (Lipinski definition) is 1. The van der Waals surface area contributed by atoms with Gasteiger partial charge in [-0.1, -0.05) is 12.1 Å². The Balaban J connectivity index is 1.65. The minimum Gasteiger partial charge on any atom is -0.368 e. The molecule has 1 fully saturated rings. The molecule has 6 heteroatoms. The van der Waals surface area contributed by atoms with Gasteiger partial charge in [0.05, 0.1) is 0 Å². The number of benzene rings is 1. The molecular weight excluding hydrogens is 340 g/mol. The highest BCUT2D eigenvalue weighted by atomic mass is 16.2. The number of piperazine rings is 1. The van der Waals surface area contributed by atoms with Crippen molar-refractivity contribution in [2.24, 2.45) is 0 Å². The molecule has 0 unspecified atom stereocenters. The van der Waals surface area contributed by atoms with Gasteiger partial charge in [-0.15, -0.1) is 0 Å². The van der Waals surface area contributed by atoms with Crippen LogP contribution in [0.5, 0.6) is 0 Å². The number of nitrogens with zero attached hydrogens (tertiary/aromatic N) is 3. The average molecular weight is 366 g/mol. The van der Waals surface area contributed by atoms with Gasteiger partial charge in [-0.2, -0.15) is 0 Å². The molecule has 27 heavy (non-hydrogen) atoms. The number of pyridine rings is 1. The van der Waals surface area contributed by atoms with E-state index in [0.29, 0.717) is 24.3 Å². The molecule has 0 saturated carbocycles. The smallest absolute Gasteiger partial charge is 0.272 e. The van der Waals surface area contributed by atoms with E-state index >= 15 is 0 Å². The third-order valence-corrected chi connectivity index (χ3v) is 4.59. The highest BCUT2D eigenvalue weighted by Gasteiger charge is 2.24. The summed E-state index contributed by atoms with van der Waals surface area (Å²) < 4.78 is 0. The Morgan fingerprint density at radius 3 is 2.48 bits per heavy atom. The largest absolute Gasteiger partial charge is 0.368 e. The molecule has 1 aromatic heterocycles. The number of hydrogen-bond acceptors (Lipinski definition) is 4. The Bertz CT molecular complexity index is 826. The van der Waals surface area contributed by atoms with Gasteiger partial charge in [0.2, 0.25) is 0 Å². The van der Waals surface area contributed by atoms with E-state index in [1.54, 1.807) is 17.0 Å². The fourth-order valence-electron chi connectivity index (χ4n) is 3.19. The first-order chi connectivity index (χ1) is 12.9. The molecule has 2 amide bonds. The molecule has 2 aromatic rings. The minimum atomic E-state index is -0.189. The zero-order valence-corrected chi connectivity index (χ0v) is 16.1. The normalized spacial score (nSPS) is 14.4. The van der Waals surface area contributed by atoms with Crippen molar-refractivity contribution in [3.8, 4) is 0 Å². The molecule has 3 rings (SSSR count). The van der Waals surface area contributed by atoms with Crippen LogP contribution in [0, 0.1) is 6.92 Å². The number of anilines is 1. The van der Waals surface area contributed by atoms with Crippen LogP contribution in [0.3, 0.4) is 0 Å². The van der Waals surface area contributed by atoms with E-state index < -0.39 is 0 Å². The fourth-order valence-corrected chi connectivity index (χ4v) is 3.19. The molecule has 6 nitrogen and oxygen atoms in total. The zero-order chi connectivity index (χ0) is 19.4. The molecule has 2 heterocycles. The number of rotatable bonds is 4. The number of aromatic nitrogens is 1. The highest BCUT2D eigenvalue weighted by Crippen LogP contribution is 2.18. The lowest BCUT2D eigenvalue weighted by molar-refractivity contribution is 0.0741. The molecule has 142 valence electrons. The Labute approximate surface area is 160 Å². The van der Waals surface area contributed by atoms with E-state index in [4.69, 9.17) is 0 Å². The zero-order valence-electron chi connectivity index (χ0n) is 16.1. The van der Waals surface area contributed by atoms with Crippen molar-refractivity contribution in [3.05, 3.63) is 59.4 Å². The monoisotopic (exact) mass is 366 g/mol. The van der Waals surface area contributed by atoms with Crippen LogP contribution < -0.4 is 10.2 Å². The summed E-state index contributed by atoms with van der Waals surface area (Å²) in [6.45, 7) is 8.72. The van der Waals surface area contributed by atoms with Gasteiger partial charge in [0.1, 0.15) is 5.69 Å². The first-order valence-corrected chi connectivity index (χ1v) is 9.32. The maximum Gasteiger partial charge on any atom is 0.272 e. The third kappa shape index (κ3) is 4.64. The SMILES string of the molecule is Cc1cccc(N2CCN(C(=O)c3cc(C(=O)NC(C)C)ccn3)CC2)c1. The lowest BCUT2D eigenvalue weighted by Gasteiger charge is -2.36. The lowest BCUT2D eigenvalue weighted by atomic mass is 10.1. The quantitative estimate of drug-likeness (QED) is 0.903. The summed E-state index contributed by atoms with van der Waals surface area (Å²) in [5.41, 5.74) is 3.19. The Hall–Kier alpha value is -2.89. The van der Waals surface area contributed by atoms with Crippen LogP contribution in [0.15, 0.2) is 42.6 Å². The predicted molar refractivity (Wildman–Crippen MR) is 106 cm³/mol. The summed E-state index contributed by atoms with van der Waals surface area (Å²) >= 11 is 0. The van der Waals surface area contributed by atoms with Crippen LogP contribution in [0.1, 0.15) is 40.3 Å². The summed E-state index contributed by atoms with van der Waals surface area (Å²) in [6.07, 6.45) is 1.52. The van der Waals surface area contributed by atoms with E-state index in [1.165, 1.54) is 17.4 Å². The molecule has 1 N–H and O–H groups in total. The molecular formula is C21H26N4O2. The van der Waals surface area contributed by atoms with E-state index in [1.807, 2.05) is 13.8 Å². The van der Waals surface area contributed by atoms with E-state index in [2.05, 4.69) is 46.4 Å². The lowest BCUT2D eigenvalue weighted by Crippen LogP contribution is -2.49. The first-order valence-electron chi connectivity index (χ1n) is 9.32. The second-order valence-electron chi connectivity index (χ2n) is 7.18. The maximum absolute atomic E-state index is 12.8. The maximum atomic E-state index is 12.8. The van der Waals surface area contributed by atoms with Gasteiger partial charge in [0.25, 0.3) is 11.8 Å². The first kappa shape index (κ1) is 18.9. The van der Waals surface area contributed by atoms with Gasteiger partial charge < -0.3 is 15.1 Å². The topological polar surface area (TPSA) is 65.5 Å². The molecule has 0 aliphatic carbocycles. The number of aryl methyl sites for hydroxylation is 1. The molecule has 0 radical (unpaired) electrons. The number of carbonyl (C=O) groups is 2. The van der Waals surface area contributed by atoms with Crippen molar-refractivity contribution in [3.63, 3.8) is 0 Å².